The van der Waals surface area contributed by atoms with E-state index in [-0.39, 0.29) is 11.7 Å². The Morgan fingerprint density at radius 1 is 1.03 bits per heavy atom. The average molecular weight is 451 g/mol. The Kier molecular flexibility index (Phi) is 5.53. The van der Waals surface area contributed by atoms with E-state index in [2.05, 4.69) is 22.3 Å². The lowest BCUT2D eigenvalue weighted by Gasteiger charge is -2.28. The van der Waals surface area contributed by atoms with E-state index in [0.29, 0.717) is 28.3 Å². The highest BCUT2D eigenvalue weighted by Gasteiger charge is 2.23. The number of furan rings is 1. The van der Waals surface area contributed by atoms with E-state index < -0.39 is 0 Å². The Bertz CT molecular complexity index is 1220. The lowest BCUT2D eigenvalue weighted by molar-refractivity contribution is -0.129. The molecule has 2 aromatic heterocycles. The molecule has 31 heavy (non-hydrogen) atoms. The van der Waals surface area contributed by atoms with Gasteiger partial charge in [0, 0.05) is 13.1 Å². The van der Waals surface area contributed by atoms with Crippen molar-refractivity contribution >= 4 is 29.3 Å². The Hall–Kier alpha value is -3.03. The van der Waals surface area contributed by atoms with Gasteiger partial charge in [-0.15, -0.1) is 10.2 Å². The molecule has 2 aromatic carbocycles. The summed E-state index contributed by atoms with van der Waals surface area (Å²) in [6.45, 7) is 1.37. The minimum Gasteiger partial charge on any atom is -0.461 e. The molecule has 0 fully saturated rings. The Labute approximate surface area is 188 Å². The summed E-state index contributed by atoms with van der Waals surface area (Å²) in [5.41, 5.74) is 3.27. The van der Waals surface area contributed by atoms with Crippen LogP contribution in [0.4, 0.5) is 0 Å². The first-order chi connectivity index (χ1) is 15.2. The number of thioether (sulfide) groups is 1. The molecule has 0 bridgehead atoms. The average Bonchev–Trinajstić information content (AvgIpc) is 3.47. The van der Waals surface area contributed by atoms with Gasteiger partial charge in [0.2, 0.25) is 11.7 Å². The molecular weight excluding hydrogens is 432 g/mol. The summed E-state index contributed by atoms with van der Waals surface area (Å²) in [6, 6.07) is 19.4. The van der Waals surface area contributed by atoms with Gasteiger partial charge in [-0.25, -0.2) is 0 Å². The van der Waals surface area contributed by atoms with Crippen LogP contribution >= 0.6 is 23.4 Å². The number of halogens is 1. The predicted molar refractivity (Wildman–Crippen MR) is 120 cm³/mol. The standard InChI is InChI=1S/C23H19ClN4O2S/c24-18-8-3-4-9-19(18)28-22(20-10-5-13-30-20)25-26-23(28)31-15-21(29)27-12-11-16-6-1-2-7-17(16)14-27/h1-10,13H,11-12,14-15H2. The van der Waals surface area contributed by atoms with Gasteiger partial charge in [-0.1, -0.05) is 59.8 Å². The Balaban J connectivity index is 1.39. The smallest absolute Gasteiger partial charge is 0.233 e. The van der Waals surface area contributed by atoms with Crippen molar-refractivity contribution in [3.05, 3.63) is 83.1 Å². The number of para-hydroxylation sites is 1. The maximum absolute atomic E-state index is 12.9. The molecule has 0 atom stereocenters. The molecule has 156 valence electrons. The zero-order chi connectivity index (χ0) is 21.2. The van der Waals surface area contributed by atoms with Crippen LogP contribution in [0.1, 0.15) is 11.1 Å². The number of rotatable bonds is 5. The van der Waals surface area contributed by atoms with Crippen molar-refractivity contribution in [1.29, 1.82) is 0 Å². The first-order valence-electron chi connectivity index (χ1n) is 9.92. The number of amides is 1. The van der Waals surface area contributed by atoms with Gasteiger partial charge in [0.15, 0.2) is 10.9 Å². The van der Waals surface area contributed by atoms with Gasteiger partial charge in [0.25, 0.3) is 0 Å². The highest BCUT2D eigenvalue weighted by Crippen LogP contribution is 2.32. The summed E-state index contributed by atoms with van der Waals surface area (Å²) in [5.74, 6) is 1.47. The number of hydrogen-bond donors (Lipinski definition) is 0. The van der Waals surface area contributed by atoms with Gasteiger partial charge in [-0.2, -0.15) is 0 Å². The SMILES string of the molecule is O=C(CSc1nnc(-c2ccco2)n1-c1ccccc1Cl)N1CCc2ccccc2C1. The minimum absolute atomic E-state index is 0.0766. The molecule has 0 unspecified atom stereocenters. The molecule has 0 N–H and O–H groups in total. The number of benzene rings is 2. The third-order valence-corrected chi connectivity index (χ3v) is 6.51. The fourth-order valence-corrected chi connectivity index (χ4v) is 4.77. The molecule has 1 aliphatic rings. The first-order valence-corrected chi connectivity index (χ1v) is 11.3. The van der Waals surface area contributed by atoms with Crippen molar-refractivity contribution in [1.82, 2.24) is 19.7 Å². The monoisotopic (exact) mass is 450 g/mol. The molecular formula is C23H19ClN4O2S. The number of fused-ring (bicyclic) bond motifs is 1. The summed E-state index contributed by atoms with van der Waals surface area (Å²) >= 11 is 7.81. The number of nitrogens with zero attached hydrogens (tertiary/aromatic N) is 4. The van der Waals surface area contributed by atoms with Crippen molar-refractivity contribution in [2.45, 2.75) is 18.1 Å². The van der Waals surface area contributed by atoms with E-state index in [1.165, 1.54) is 22.9 Å². The summed E-state index contributed by atoms with van der Waals surface area (Å²) in [4.78, 5) is 14.8. The van der Waals surface area contributed by atoms with Crippen molar-refractivity contribution in [3.8, 4) is 17.3 Å². The number of carbonyl (C=O) groups excluding carboxylic acids is 1. The molecule has 1 aliphatic heterocycles. The van der Waals surface area contributed by atoms with Crippen LogP contribution in [0, 0.1) is 0 Å². The molecule has 0 saturated heterocycles. The summed E-state index contributed by atoms with van der Waals surface area (Å²) in [5, 5.41) is 9.79. The second kappa shape index (κ2) is 8.61. The second-order valence-corrected chi connectivity index (χ2v) is 8.54. The van der Waals surface area contributed by atoms with Gasteiger partial charge in [-0.3, -0.25) is 9.36 Å². The molecule has 3 heterocycles. The zero-order valence-corrected chi connectivity index (χ0v) is 18.1. The van der Waals surface area contributed by atoms with E-state index in [0.717, 1.165) is 18.7 Å². The highest BCUT2D eigenvalue weighted by atomic mass is 35.5. The van der Waals surface area contributed by atoms with Crippen molar-refractivity contribution in [2.75, 3.05) is 12.3 Å². The van der Waals surface area contributed by atoms with E-state index >= 15 is 0 Å². The maximum Gasteiger partial charge on any atom is 0.233 e. The molecule has 5 rings (SSSR count). The molecule has 6 nitrogen and oxygen atoms in total. The van der Waals surface area contributed by atoms with Crippen LogP contribution in [-0.2, 0) is 17.8 Å². The van der Waals surface area contributed by atoms with Crippen molar-refractivity contribution in [3.63, 3.8) is 0 Å². The third-order valence-electron chi connectivity index (χ3n) is 5.28. The fourth-order valence-electron chi connectivity index (χ4n) is 3.71. The minimum atomic E-state index is 0.0766. The normalized spacial score (nSPS) is 13.3. The van der Waals surface area contributed by atoms with Crippen molar-refractivity contribution in [2.24, 2.45) is 0 Å². The lowest BCUT2D eigenvalue weighted by atomic mass is 10.00. The van der Waals surface area contributed by atoms with Crippen LogP contribution in [0.15, 0.2) is 76.5 Å². The fraction of sp³-hybridized carbons (Fsp3) is 0.174. The molecule has 0 radical (unpaired) electrons. The van der Waals surface area contributed by atoms with Crippen LogP contribution in [0.5, 0.6) is 0 Å². The Morgan fingerprint density at radius 3 is 2.65 bits per heavy atom. The first kappa shape index (κ1) is 19.9. The molecule has 1 amide bonds. The summed E-state index contributed by atoms with van der Waals surface area (Å²) < 4.78 is 7.38. The van der Waals surface area contributed by atoms with Crippen LogP contribution in [0.25, 0.3) is 17.3 Å². The van der Waals surface area contributed by atoms with Crippen LogP contribution in [0.3, 0.4) is 0 Å². The van der Waals surface area contributed by atoms with Crippen LogP contribution in [-0.4, -0.2) is 37.9 Å². The van der Waals surface area contributed by atoms with E-state index in [4.69, 9.17) is 16.0 Å². The van der Waals surface area contributed by atoms with E-state index in [9.17, 15) is 4.79 Å². The maximum atomic E-state index is 12.9. The number of hydrogen-bond acceptors (Lipinski definition) is 5. The van der Waals surface area contributed by atoms with Gasteiger partial charge in [0.05, 0.1) is 22.7 Å². The van der Waals surface area contributed by atoms with Gasteiger partial charge in [0.1, 0.15) is 0 Å². The molecule has 0 saturated carbocycles. The zero-order valence-electron chi connectivity index (χ0n) is 16.6. The molecule has 8 heteroatoms. The van der Waals surface area contributed by atoms with Gasteiger partial charge < -0.3 is 9.32 Å². The number of aromatic nitrogens is 3. The highest BCUT2D eigenvalue weighted by molar-refractivity contribution is 7.99. The molecule has 0 spiro atoms. The third kappa shape index (κ3) is 3.98. The van der Waals surface area contributed by atoms with E-state index in [1.54, 1.807) is 12.3 Å². The quantitative estimate of drug-likeness (QED) is 0.406. The topological polar surface area (TPSA) is 64.2 Å². The largest absolute Gasteiger partial charge is 0.461 e. The van der Waals surface area contributed by atoms with Crippen molar-refractivity contribution < 1.29 is 9.21 Å². The second-order valence-electron chi connectivity index (χ2n) is 7.19. The van der Waals surface area contributed by atoms with Gasteiger partial charge in [-0.05, 0) is 41.8 Å². The molecule has 4 aromatic rings. The van der Waals surface area contributed by atoms with E-state index in [1.807, 2.05) is 51.9 Å². The predicted octanol–water partition coefficient (Wildman–Crippen LogP) is 4.86. The van der Waals surface area contributed by atoms with Gasteiger partial charge >= 0.3 is 0 Å². The van der Waals surface area contributed by atoms with Crippen LogP contribution < -0.4 is 0 Å². The Morgan fingerprint density at radius 2 is 1.84 bits per heavy atom. The summed E-state index contributed by atoms with van der Waals surface area (Å²) in [6.07, 6.45) is 2.47. The van der Waals surface area contributed by atoms with Crippen LogP contribution in [0.2, 0.25) is 5.02 Å². The number of carbonyl (C=O) groups is 1. The molecule has 0 aliphatic carbocycles. The lowest BCUT2D eigenvalue weighted by Crippen LogP contribution is -2.37. The summed E-state index contributed by atoms with van der Waals surface area (Å²) in [7, 11) is 0.